The molecule has 0 aliphatic carbocycles. The predicted octanol–water partition coefficient (Wildman–Crippen LogP) is 2.44. The van der Waals surface area contributed by atoms with Gasteiger partial charge in [0.2, 0.25) is 11.8 Å². The Kier molecular flexibility index (Phi) is 6.36. The van der Waals surface area contributed by atoms with Crippen LogP contribution in [0.2, 0.25) is 0 Å². The molecule has 1 atom stereocenters. The van der Waals surface area contributed by atoms with E-state index in [1.807, 2.05) is 35.2 Å². The number of piperazine rings is 1. The quantitative estimate of drug-likeness (QED) is 0.680. The van der Waals surface area contributed by atoms with Crippen LogP contribution in [0.3, 0.4) is 0 Å². The molecule has 1 unspecified atom stereocenters. The number of rotatable bonds is 4. The number of piperidine rings is 1. The van der Waals surface area contributed by atoms with E-state index in [2.05, 4.69) is 21.9 Å². The molecule has 2 aromatic carbocycles. The van der Waals surface area contributed by atoms with Gasteiger partial charge in [-0.3, -0.25) is 19.3 Å². The first kappa shape index (κ1) is 23.2. The molecule has 8 nitrogen and oxygen atoms in total. The van der Waals surface area contributed by atoms with Crippen molar-refractivity contribution in [1.29, 1.82) is 0 Å². The molecule has 0 bridgehead atoms. The summed E-state index contributed by atoms with van der Waals surface area (Å²) in [6.45, 7) is 3.58. The number of anilines is 3. The van der Waals surface area contributed by atoms with Crippen LogP contribution in [-0.2, 0) is 9.59 Å². The zero-order valence-electron chi connectivity index (χ0n) is 20.5. The van der Waals surface area contributed by atoms with Crippen LogP contribution in [0.1, 0.15) is 29.6 Å². The Morgan fingerprint density at radius 1 is 0.914 bits per heavy atom. The summed E-state index contributed by atoms with van der Waals surface area (Å²) in [4.78, 5) is 49.1. The fourth-order valence-corrected chi connectivity index (χ4v) is 5.40. The minimum Gasteiger partial charge on any atom is -0.368 e. The van der Waals surface area contributed by atoms with Gasteiger partial charge in [-0.25, -0.2) is 0 Å². The van der Waals surface area contributed by atoms with Crippen LogP contribution in [0.4, 0.5) is 17.1 Å². The number of hydrogen-bond donors (Lipinski definition) is 0. The molecule has 2 aromatic rings. The summed E-state index contributed by atoms with van der Waals surface area (Å²) < 4.78 is 0. The van der Waals surface area contributed by atoms with E-state index < -0.39 is 0 Å². The minimum atomic E-state index is -0.241. The Morgan fingerprint density at radius 3 is 2.37 bits per heavy atom. The molecule has 35 heavy (non-hydrogen) atoms. The first-order valence-corrected chi connectivity index (χ1v) is 12.5. The number of hydrogen-bond acceptors (Lipinski definition) is 5. The molecule has 3 amide bonds. The second-order valence-electron chi connectivity index (χ2n) is 9.74. The van der Waals surface area contributed by atoms with E-state index in [4.69, 9.17) is 0 Å². The largest absolute Gasteiger partial charge is 0.368 e. The molecule has 184 valence electrons. The van der Waals surface area contributed by atoms with E-state index in [1.165, 1.54) is 4.90 Å². The van der Waals surface area contributed by atoms with Gasteiger partial charge in [0, 0.05) is 58.1 Å². The summed E-state index contributed by atoms with van der Waals surface area (Å²) >= 11 is 0. The fraction of sp³-hybridized carbons (Fsp3) is 0.444. The molecule has 2 saturated heterocycles. The van der Waals surface area contributed by atoms with E-state index in [0.717, 1.165) is 50.3 Å². The molecule has 0 spiro atoms. The summed E-state index contributed by atoms with van der Waals surface area (Å²) in [6.07, 6.45) is 2.83. The summed E-state index contributed by atoms with van der Waals surface area (Å²) in [5.41, 5.74) is 3.28. The average Bonchev–Trinajstić information content (AvgIpc) is 2.90. The molecule has 3 aliphatic rings. The van der Waals surface area contributed by atoms with Crippen molar-refractivity contribution in [3.05, 3.63) is 54.1 Å². The zero-order chi connectivity index (χ0) is 24.5. The maximum absolute atomic E-state index is 13.6. The highest BCUT2D eigenvalue weighted by Gasteiger charge is 2.41. The number of carbonyl (C=O) groups is 3. The number of benzene rings is 2. The van der Waals surface area contributed by atoms with Crippen LogP contribution in [0.25, 0.3) is 0 Å². The molecule has 0 saturated carbocycles. The van der Waals surface area contributed by atoms with E-state index in [-0.39, 0.29) is 30.3 Å². The van der Waals surface area contributed by atoms with Crippen molar-refractivity contribution in [3.63, 3.8) is 0 Å². The van der Waals surface area contributed by atoms with Crippen LogP contribution in [0.5, 0.6) is 0 Å². The van der Waals surface area contributed by atoms with Crippen molar-refractivity contribution in [2.45, 2.75) is 25.3 Å². The van der Waals surface area contributed by atoms with E-state index in [1.54, 1.807) is 25.1 Å². The van der Waals surface area contributed by atoms with Crippen LogP contribution in [0, 0.1) is 0 Å². The maximum Gasteiger partial charge on any atom is 0.253 e. The number of amides is 3. The number of carbonyl (C=O) groups excluding carboxylic acids is 3. The minimum absolute atomic E-state index is 0.00111. The van der Waals surface area contributed by atoms with Crippen molar-refractivity contribution in [3.8, 4) is 0 Å². The normalized spacial score (nSPS) is 19.8. The van der Waals surface area contributed by atoms with Gasteiger partial charge >= 0.3 is 0 Å². The first-order chi connectivity index (χ1) is 16.9. The van der Waals surface area contributed by atoms with E-state index >= 15 is 0 Å². The predicted molar refractivity (Wildman–Crippen MR) is 137 cm³/mol. The van der Waals surface area contributed by atoms with Crippen LogP contribution >= 0.6 is 0 Å². The highest BCUT2D eigenvalue weighted by atomic mass is 16.2. The van der Waals surface area contributed by atoms with Gasteiger partial charge in [0.25, 0.3) is 5.91 Å². The SMILES string of the molecule is CN(C)C(=O)c1ccc2c(c1)N(CC(=O)N1CCN(c3ccccc3)CC1)C(=O)C1CCCCN21. The lowest BCUT2D eigenvalue weighted by Crippen LogP contribution is -2.58. The van der Waals surface area contributed by atoms with Crippen molar-refractivity contribution >= 4 is 34.8 Å². The third kappa shape index (κ3) is 4.45. The fourth-order valence-electron chi connectivity index (χ4n) is 5.40. The molecule has 5 rings (SSSR count). The standard InChI is InChI=1S/C27H33N5O3/c1-28(2)26(34)20-11-12-22-24(18-20)32(27(35)23-10-6-7-13-31(22)23)19-25(33)30-16-14-29(15-17-30)21-8-4-3-5-9-21/h3-5,8-9,11-12,18,23H,6-7,10,13-17,19H2,1-2H3. The third-order valence-corrected chi connectivity index (χ3v) is 7.33. The highest BCUT2D eigenvalue weighted by Crippen LogP contribution is 2.40. The second kappa shape index (κ2) is 9.60. The maximum atomic E-state index is 13.6. The van der Waals surface area contributed by atoms with Crippen LogP contribution in [-0.4, -0.2) is 86.9 Å². The van der Waals surface area contributed by atoms with Gasteiger partial charge in [0.1, 0.15) is 12.6 Å². The van der Waals surface area contributed by atoms with Gasteiger partial charge in [-0.1, -0.05) is 18.2 Å². The zero-order valence-corrected chi connectivity index (χ0v) is 20.5. The van der Waals surface area contributed by atoms with Gasteiger partial charge in [-0.2, -0.15) is 0 Å². The molecule has 3 aliphatic heterocycles. The lowest BCUT2D eigenvalue weighted by molar-refractivity contribution is -0.132. The van der Waals surface area contributed by atoms with Crippen molar-refractivity contribution in [2.24, 2.45) is 0 Å². The number of para-hydroxylation sites is 1. The summed E-state index contributed by atoms with van der Waals surface area (Å²) in [5.74, 6) is -0.210. The molecule has 2 fully saturated rings. The van der Waals surface area contributed by atoms with Gasteiger partial charge in [-0.15, -0.1) is 0 Å². The van der Waals surface area contributed by atoms with Gasteiger partial charge in [0.05, 0.1) is 11.4 Å². The Labute approximate surface area is 206 Å². The van der Waals surface area contributed by atoms with Crippen LogP contribution in [0.15, 0.2) is 48.5 Å². The summed E-state index contributed by atoms with van der Waals surface area (Å²) in [6, 6.07) is 15.5. The Morgan fingerprint density at radius 2 is 1.66 bits per heavy atom. The highest BCUT2D eigenvalue weighted by molar-refractivity contribution is 6.09. The Balaban J connectivity index is 1.37. The monoisotopic (exact) mass is 475 g/mol. The topological polar surface area (TPSA) is 67.4 Å². The second-order valence-corrected chi connectivity index (χ2v) is 9.74. The molecule has 8 heteroatoms. The van der Waals surface area contributed by atoms with E-state index in [0.29, 0.717) is 24.3 Å². The molecular formula is C27H33N5O3. The lowest BCUT2D eigenvalue weighted by Gasteiger charge is -2.45. The molecular weight excluding hydrogens is 442 g/mol. The Bertz CT molecular complexity index is 1110. The molecule has 0 N–H and O–H groups in total. The summed E-state index contributed by atoms with van der Waals surface area (Å²) in [7, 11) is 3.42. The number of fused-ring (bicyclic) bond motifs is 3. The summed E-state index contributed by atoms with van der Waals surface area (Å²) in [5, 5.41) is 0. The molecule has 3 heterocycles. The van der Waals surface area contributed by atoms with Crippen molar-refractivity contribution in [2.75, 3.05) is 68.1 Å². The van der Waals surface area contributed by atoms with Gasteiger partial charge in [-0.05, 0) is 49.6 Å². The van der Waals surface area contributed by atoms with Gasteiger partial charge < -0.3 is 19.6 Å². The van der Waals surface area contributed by atoms with Gasteiger partial charge in [0.15, 0.2) is 0 Å². The first-order valence-electron chi connectivity index (χ1n) is 12.5. The smallest absolute Gasteiger partial charge is 0.253 e. The lowest BCUT2D eigenvalue weighted by atomic mass is 9.95. The van der Waals surface area contributed by atoms with Crippen molar-refractivity contribution in [1.82, 2.24) is 9.80 Å². The number of nitrogens with zero attached hydrogens (tertiary/aromatic N) is 5. The van der Waals surface area contributed by atoms with Crippen molar-refractivity contribution < 1.29 is 14.4 Å². The van der Waals surface area contributed by atoms with Crippen LogP contribution < -0.4 is 14.7 Å². The van der Waals surface area contributed by atoms with E-state index in [9.17, 15) is 14.4 Å². The molecule has 0 radical (unpaired) electrons. The Hall–Kier alpha value is -3.55. The molecule has 0 aromatic heterocycles. The average molecular weight is 476 g/mol. The third-order valence-electron chi connectivity index (χ3n) is 7.33.